The number of hydrogen-bond acceptors (Lipinski definition) is 2. The van der Waals surface area contributed by atoms with E-state index in [1.807, 2.05) is 12.1 Å². The summed E-state index contributed by atoms with van der Waals surface area (Å²) in [6.45, 7) is 2.21. The molecule has 84 valence electrons. The SMILES string of the molecule is CN1CCC=C([C](=[W])c2ccccc2N)C1. The van der Waals surface area contributed by atoms with Crippen LogP contribution in [0.4, 0.5) is 5.69 Å². The molecular weight excluding hydrogens is 368 g/mol. The standard InChI is InChI=1S/C13H16N2.W/c1-15-8-4-5-11(10-15)9-12-6-2-3-7-13(12)14;/h2-3,5-7H,4,8,10,14H2,1H3;. The second-order valence-electron chi connectivity index (χ2n) is 4.17. The van der Waals surface area contributed by atoms with Gasteiger partial charge in [-0.1, -0.05) is 0 Å². The molecule has 0 saturated carbocycles. The topological polar surface area (TPSA) is 29.3 Å². The predicted molar refractivity (Wildman–Crippen MR) is 65.2 cm³/mol. The number of rotatable bonds is 2. The first-order valence-electron chi connectivity index (χ1n) is 5.45. The molecule has 0 amide bonds. The van der Waals surface area contributed by atoms with Crippen LogP contribution in [0.2, 0.25) is 0 Å². The third-order valence-corrected chi connectivity index (χ3v) is 4.57. The molecule has 16 heavy (non-hydrogen) atoms. The number of likely N-dealkylation sites (N-methyl/N-ethyl adjacent to an activating group) is 1. The number of nitrogen functional groups attached to an aromatic ring is 1. The molecule has 3 heteroatoms. The fraction of sp³-hybridized carbons (Fsp3) is 0.308. The number of nitrogens with zero attached hydrogens (tertiary/aromatic N) is 1. The molecule has 0 fully saturated rings. The van der Waals surface area contributed by atoms with Gasteiger partial charge in [-0.3, -0.25) is 0 Å². The molecule has 0 unspecified atom stereocenters. The van der Waals surface area contributed by atoms with Gasteiger partial charge in [-0.05, 0) is 0 Å². The van der Waals surface area contributed by atoms with Crippen LogP contribution < -0.4 is 5.73 Å². The number of benzene rings is 1. The van der Waals surface area contributed by atoms with E-state index in [4.69, 9.17) is 5.73 Å². The summed E-state index contributed by atoms with van der Waals surface area (Å²) < 4.78 is 1.39. The zero-order valence-electron chi connectivity index (χ0n) is 9.44. The van der Waals surface area contributed by atoms with Crippen molar-refractivity contribution in [1.82, 2.24) is 4.90 Å². The molecule has 1 heterocycles. The Kier molecular flexibility index (Phi) is 3.73. The van der Waals surface area contributed by atoms with Gasteiger partial charge in [0.1, 0.15) is 0 Å². The fourth-order valence-corrected chi connectivity index (χ4v) is 3.13. The molecule has 0 spiro atoms. The summed E-state index contributed by atoms with van der Waals surface area (Å²) in [5.41, 5.74) is 9.56. The molecule has 2 rings (SSSR count). The van der Waals surface area contributed by atoms with E-state index in [0.29, 0.717) is 0 Å². The van der Waals surface area contributed by atoms with Crippen molar-refractivity contribution in [2.75, 3.05) is 25.9 Å². The van der Waals surface area contributed by atoms with E-state index in [1.54, 1.807) is 0 Å². The van der Waals surface area contributed by atoms with Crippen LogP contribution in [-0.2, 0) is 19.4 Å². The number of para-hydroxylation sites is 1. The molecular formula is C13H16N2W. The summed E-state index contributed by atoms with van der Waals surface area (Å²) in [5.74, 6) is 0. The molecule has 1 aliphatic rings. The molecule has 1 aromatic carbocycles. The molecule has 0 bridgehead atoms. The van der Waals surface area contributed by atoms with Crippen LogP contribution in [0.1, 0.15) is 12.0 Å². The van der Waals surface area contributed by atoms with E-state index in [1.165, 1.54) is 34.4 Å². The summed E-state index contributed by atoms with van der Waals surface area (Å²) >= 11 is 1.49. The molecule has 2 N–H and O–H groups in total. The maximum absolute atomic E-state index is 6.01. The van der Waals surface area contributed by atoms with Gasteiger partial charge in [0.2, 0.25) is 0 Å². The fourth-order valence-electron chi connectivity index (χ4n) is 1.93. The Morgan fingerprint density at radius 1 is 1.38 bits per heavy atom. The zero-order chi connectivity index (χ0) is 11.5. The summed E-state index contributed by atoms with van der Waals surface area (Å²) in [6, 6.07) is 8.14. The maximum atomic E-state index is 6.01. The Hall–Kier alpha value is -0.722. The third kappa shape index (κ3) is 2.50. The minimum atomic E-state index is 0.890. The molecule has 0 atom stereocenters. The van der Waals surface area contributed by atoms with Crippen molar-refractivity contribution in [3.8, 4) is 0 Å². The van der Waals surface area contributed by atoms with Crippen LogP contribution in [0.15, 0.2) is 35.9 Å². The predicted octanol–water partition coefficient (Wildman–Crippen LogP) is 1.60. The van der Waals surface area contributed by atoms with Gasteiger partial charge in [0, 0.05) is 0 Å². The molecule has 2 nitrogen and oxygen atoms in total. The van der Waals surface area contributed by atoms with Gasteiger partial charge >= 0.3 is 108 Å². The van der Waals surface area contributed by atoms with Crippen molar-refractivity contribution in [2.24, 2.45) is 0 Å². The van der Waals surface area contributed by atoms with E-state index in [2.05, 4.69) is 30.2 Å². The first-order chi connectivity index (χ1) is 7.68. The van der Waals surface area contributed by atoms with Crippen molar-refractivity contribution in [3.63, 3.8) is 0 Å². The van der Waals surface area contributed by atoms with E-state index in [0.717, 1.165) is 25.2 Å². The summed E-state index contributed by atoms with van der Waals surface area (Å²) in [6.07, 6.45) is 3.50. The number of hydrogen-bond donors (Lipinski definition) is 1. The van der Waals surface area contributed by atoms with Crippen LogP contribution in [0.3, 0.4) is 0 Å². The average Bonchev–Trinajstić information content (AvgIpc) is 2.29. The average molecular weight is 384 g/mol. The van der Waals surface area contributed by atoms with Gasteiger partial charge in [0.05, 0.1) is 0 Å². The van der Waals surface area contributed by atoms with Gasteiger partial charge in [-0.2, -0.15) is 0 Å². The van der Waals surface area contributed by atoms with Crippen LogP contribution in [0.25, 0.3) is 0 Å². The first kappa shape index (κ1) is 11.8. The normalized spacial score (nSPS) is 16.9. The molecule has 0 saturated heterocycles. The Morgan fingerprint density at radius 2 is 2.12 bits per heavy atom. The second kappa shape index (κ2) is 5.07. The summed E-state index contributed by atoms with van der Waals surface area (Å²) in [4.78, 5) is 2.36. The monoisotopic (exact) mass is 384 g/mol. The molecule has 0 aliphatic carbocycles. The Morgan fingerprint density at radius 3 is 2.81 bits per heavy atom. The summed E-state index contributed by atoms with van der Waals surface area (Å²) in [7, 11) is 2.17. The van der Waals surface area contributed by atoms with E-state index >= 15 is 0 Å². The third-order valence-electron chi connectivity index (χ3n) is 2.84. The minimum absolute atomic E-state index is 0.890. The van der Waals surface area contributed by atoms with E-state index in [-0.39, 0.29) is 0 Å². The second-order valence-corrected chi connectivity index (χ2v) is 5.64. The Labute approximate surface area is 108 Å². The van der Waals surface area contributed by atoms with E-state index in [9.17, 15) is 0 Å². The van der Waals surface area contributed by atoms with Crippen molar-refractivity contribution < 1.29 is 19.4 Å². The van der Waals surface area contributed by atoms with Crippen LogP contribution in [0, 0.1) is 0 Å². The van der Waals surface area contributed by atoms with E-state index < -0.39 is 0 Å². The molecule has 0 radical (unpaired) electrons. The molecule has 1 aliphatic heterocycles. The van der Waals surface area contributed by atoms with Gasteiger partial charge in [0.15, 0.2) is 0 Å². The van der Waals surface area contributed by atoms with Gasteiger partial charge in [-0.15, -0.1) is 0 Å². The summed E-state index contributed by atoms with van der Waals surface area (Å²) in [5, 5.41) is 0. The Balaban J connectivity index is 2.26. The van der Waals surface area contributed by atoms with Gasteiger partial charge < -0.3 is 0 Å². The quantitative estimate of drug-likeness (QED) is 0.786. The van der Waals surface area contributed by atoms with Gasteiger partial charge in [0.25, 0.3) is 0 Å². The molecule has 0 aromatic heterocycles. The zero-order valence-corrected chi connectivity index (χ0v) is 12.4. The molecule has 1 aromatic rings. The van der Waals surface area contributed by atoms with Crippen LogP contribution in [-0.4, -0.2) is 28.9 Å². The number of nitrogens with two attached hydrogens (primary N) is 1. The van der Waals surface area contributed by atoms with Crippen molar-refractivity contribution in [1.29, 1.82) is 0 Å². The van der Waals surface area contributed by atoms with Crippen molar-refractivity contribution >= 4 is 9.59 Å². The first-order valence-corrected chi connectivity index (χ1v) is 6.92. The van der Waals surface area contributed by atoms with Crippen LogP contribution >= 0.6 is 0 Å². The van der Waals surface area contributed by atoms with Crippen molar-refractivity contribution in [3.05, 3.63) is 41.5 Å². The van der Waals surface area contributed by atoms with Crippen molar-refractivity contribution in [2.45, 2.75) is 6.42 Å². The number of anilines is 1. The van der Waals surface area contributed by atoms with Crippen LogP contribution in [0.5, 0.6) is 0 Å². The van der Waals surface area contributed by atoms with Gasteiger partial charge in [-0.25, -0.2) is 0 Å². The Bertz CT molecular complexity index is 437.